The molecule has 3 nitrogen and oxygen atoms in total. The van der Waals surface area contributed by atoms with Gasteiger partial charge in [-0.25, -0.2) is 0 Å². The number of hydrogen-bond donors (Lipinski definition) is 0. The lowest BCUT2D eigenvalue weighted by Gasteiger charge is -2.12. The van der Waals surface area contributed by atoms with Gasteiger partial charge in [0.05, 0.1) is 0 Å². The van der Waals surface area contributed by atoms with Gasteiger partial charge in [-0.15, -0.1) is 0 Å². The lowest BCUT2D eigenvalue weighted by Crippen LogP contribution is -2.18. The molecule has 0 fully saturated rings. The molecule has 0 radical (unpaired) electrons. The summed E-state index contributed by atoms with van der Waals surface area (Å²) in [4.78, 5) is 0. The van der Waals surface area contributed by atoms with E-state index in [1.165, 1.54) is 16.8 Å². The highest BCUT2D eigenvalue weighted by Crippen LogP contribution is 2.35. The van der Waals surface area contributed by atoms with Crippen LogP contribution < -0.4 is 9.47 Å². The normalized spacial score (nSPS) is 15.8. The summed E-state index contributed by atoms with van der Waals surface area (Å²) in [6.07, 6.45) is 3.20. The molecule has 0 unspecified atom stereocenters. The Labute approximate surface area is 125 Å². The van der Waals surface area contributed by atoms with Crippen LogP contribution in [0.5, 0.6) is 11.5 Å². The first-order valence-electron chi connectivity index (χ1n) is 6.59. The van der Waals surface area contributed by atoms with Crippen LogP contribution in [0.1, 0.15) is 11.1 Å². The van der Waals surface area contributed by atoms with Crippen molar-refractivity contribution in [3.05, 3.63) is 52.0 Å². The third-order valence-electron chi connectivity index (χ3n) is 3.71. The van der Waals surface area contributed by atoms with Gasteiger partial charge in [0.25, 0.3) is 0 Å². The molecule has 0 saturated heterocycles. The molecular weight excluding hydrogens is 318 g/mol. The molecule has 0 saturated carbocycles. The molecule has 4 heteroatoms. The van der Waals surface area contributed by atoms with Crippen molar-refractivity contribution in [3.8, 4) is 11.5 Å². The molecule has 0 aliphatic carbocycles. The minimum absolute atomic E-state index is 0.328. The summed E-state index contributed by atoms with van der Waals surface area (Å²) in [5.74, 6) is 1.71. The van der Waals surface area contributed by atoms with Crippen LogP contribution >= 0.6 is 15.9 Å². The van der Waals surface area contributed by atoms with Crippen LogP contribution in [0.15, 0.2) is 40.9 Å². The summed E-state index contributed by atoms with van der Waals surface area (Å²) < 4.78 is 14.3. The molecule has 2 aliphatic heterocycles. The molecule has 0 amide bonds. The Balaban J connectivity index is 1.76. The van der Waals surface area contributed by atoms with Gasteiger partial charge in [-0.1, -0.05) is 15.9 Å². The third-order valence-corrected chi connectivity index (χ3v) is 4.24. The molecule has 4 rings (SSSR count). The summed E-state index contributed by atoms with van der Waals surface area (Å²) in [7, 11) is 0. The molecule has 2 heterocycles. The van der Waals surface area contributed by atoms with Gasteiger partial charge in [-0.2, -0.15) is 4.58 Å². The second-order valence-electron chi connectivity index (χ2n) is 4.95. The zero-order valence-corrected chi connectivity index (χ0v) is 12.4. The lowest BCUT2D eigenvalue weighted by molar-refractivity contribution is -0.436. The van der Waals surface area contributed by atoms with E-state index in [-0.39, 0.29) is 0 Å². The van der Waals surface area contributed by atoms with Gasteiger partial charge < -0.3 is 9.47 Å². The number of ether oxygens (including phenoxy) is 2. The highest BCUT2D eigenvalue weighted by molar-refractivity contribution is 9.10. The molecular formula is C16H13BrNO2+. The number of nitrogens with zero attached hydrogens (tertiary/aromatic N) is 1. The fourth-order valence-corrected chi connectivity index (χ4v) is 2.91. The number of rotatable bonds is 1. The van der Waals surface area contributed by atoms with E-state index in [4.69, 9.17) is 9.47 Å². The second kappa shape index (κ2) is 4.63. The van der Waals surface area contributed by atoms with E-state index in [1.807, 2.05) is 0 Å². The maximum absolute atomic E-state index is 5.45. The van der Waals surface area contributed by atoms with Crippen LogP contribution in [0.25, 0.3) is 0 Å². The van der Waals surface area contributed by atoms with E-state index < -0.39 is 0 Å². The van der Waals surface area contributed by atoms with Crippen molar-refractivity contribution >= 4 is 27.8 Å². The van der Waals surface area contributed by atoms with Gasteiger partial charge in [-0.3, -0.25) is 0 Å². The maximum atomic E-state index is 5.45. The quantitative estimate of drug-likeness (QED) is 0.746. The van der Waals surface area contributed by atoms with E-state index in [9.17, 15) is 0 Å². The van der Waals surface area contributed by atoms with E-state index in [2.05, 4.69) is 63.1 Å². The largest absolute Gasteiger partial charge is 0.454 e. The van der Waals surface area contributed by atoms with Gasteiger partial charge >= 0.3 is 0 Å². The van der Waals surface area contributed by atoms with Crippen LogP contribution in [0.4, 0.5) is 5.69 Å². The Bertz CT molecular complexity index is 707. The van der Waals surface area contributed by atoms with Crippen molar-refractivity contribution in [2.75, 3.05) is 13.3 Å². The highest BCUT2D eigenvalue weighted by atomic mass is 79.9. The van der Waals surface area contributed by atoms with Gasteiger partial charge in [0.15, 0.2) is 24.3 Å². The van der Waals surface area contributed by atoms with Gasteiger partial charge in [0.1, 0.15) is 0 Å². The predicted octanol–water partition coefficient (Wildman–Crippen LogP) is 3.50. The molecule has 0 bridgehead atoms. The third kappa shape index (κ3) is 2.00. The van der Waals surface area contributed by atoms with Crippen LogP contribution in [0.3, 0.4) is 0 Å². The highest BCUT2D eigenvalue weighted by Gasteiger charge is 2.23. The molecule has 0 atom stereocenters. The van der Waals surface area contributed by atoms with E-state index in [1.54, 1.807) is 0 Å². The van der Waals surface area contributed by atoms with Gasteiger partial charge in [0, 0.05) is 28.6 Å². The zero-order valence-electron chi connectivity index (χ0n) is 10.8. The monoisotopic (exact) mass is 330 g/mol. The summed E-state index contributed by atoms with van der Waals surface area (Å²) in [5, 5.41) is 0. The topological polar surface area (TPSA) is 21.5 Å². The van der Waals surface area contributed by atoms with Crippen LogP contribution in [-0.4, -0.2) is 24.1 Å². The van der Waals surface area contributed by atoms with E-state index >= 15 is 0 Å². The second-order valence-corrected chi connectivity index (χ2v) is 5.87. The first-order valence-corrected chi connectivity index (χ1v) is 7.38. The number of hydrogen-bond acceptors (Lipinski definition) is 2. The summed E-state index contributed by atoms with van der Waals surface area (Å²) in [5.41, 5.74) is 3.74. The number of fused-ring (bicyclic) bond motifs is 2. The molecule has 2 aliphatic rings. The molecule has 2 aromatic rings. The van der Waals surface area contributed by atoms with E-state index in [0.717, 1.165) is 28.9 Å². The maximum Gasteiger partial charge on any atom is 0.231 e. The Morgan fingerprint density at radius 1 is 1.00 bits per heavy atom. The molecule has 0 spiro atoms. The van der Waals surface area contributed by atoms with Gasteiger partial charge in [-0.05, 0) is 29.8 Å². The SMILES string of the molecule is Brc1ccc([N+]2=Cc3cc4c(cc3CC2)OCO4)cc1. The molecule has 0 N–H and O–H groups in total. The Hall–Kier alpha value is -1.81. The zero-order chi connectivity index (χ0) is 13.5. The molecule has 20 heavy (non-hydrogen) atoms. The van der Waals surface area contributed by atoms with Crippen molar-refractivity contribution in [1.82, 2.24) is 0 Å². The fourth-order valence-electron chi connectivity index (χ4n) is 2.65. The van der Waals surface area contributed by atoms with Crippen molar-refractivity contribution in [1.29, 1.82) is 0 Å². The Morgan fingerprint density at radius 2 is 1.75 bits per heavy atom. The van der Waals surface area contributed by atoms with Crippen LogP contribution in [0, 0.1) is 0 Å². The smallest absolute Gasteiger partial charge is 0.231 e. The van der Waals surface area contributed by atoms with Crippen molar-refractivity contribution < 1.29 is 14.0 Å². The van der Waals surface area contributed by atoms with Crippen LogP contribution in [0.2, 0.25) is 0 Å². The summed E-state index contributed by atoms with van der Waals surface area (Å²) in [6, 6.07) is 12.6. The van der Waals surface area contributed by atoms with Crippen molar-refractivity contribution in [2.45, 2.75) is 6.42 Å². The predicted molar refractivity (Wildman–Crippen MR) is 80.4 cm³/mol. The van der Waals surface area contributed by atoms with Crippen molar-refractivity contribution in [2.24, 2.45) is 0 Å². The molecule has 100 valence electrons. The fraction of sp³-hybridized carbons (Fsp3) is 0.188. The first-order chi connectivity index (χ1) is 9.79. The lowest BCUT2D eigenvalue weighted by atomic mass is 10.0. The molecule has 2 aromatic carbocycles. The number of halogens is 1. The van der Waals surface area contributed by atoms with Gasteiger partial charge in [0.2, 0.25) is 12.5 Å². The first kappa shape index (κ1) is 12.0. The Morgan fingerprint density at radius 3 is 2.55 bits per heavy atom. The summed E-state index contributed by atoms with van der Waals surface area (Å²) in [6.45, 7) is 1.31. The standard InChI is InChI=1S/C16H13BrNO2/c17-13-1-3-14(4-2-13)18-6-5-11-7-15-16(20-10-19-15)8-12(11)9-18/h1-4,7-9H,5-6,10H2/q+1. The average Bonchev–Trinajstić information content (AvgIpc) is 2.92. The Kier molecular flexibility index (Phi) is 2.77. The minimum Gasteiger partial charge on any atom is -0.454 e. The van der Waals surface area contributed by atoms with E-state index in [0.29, 0.717) is 6.79 Å². The summed E-state index contributed by atoms with van der Waals surface area (Å²) >= 11 is 3.47. The van der Waals surface area contributed by atoms with Crippen molar-refractivity contribution in [3.63, 3.8) is 0 Å². The van der Waals surface area contributed by atoms with Crippen LogP contribution in [-0.2, 0) is 6.42 Å². The minimum atomic E-state index is 0.328. The number of benzene rings is 2. The molecule has 0 aromatic heterocycles. The average molecular weight is 331 g/mol.